The molecule has 2 saturated carbocycles. The van der Waals surface area contributed by atoms with Crippen LogP contribution < -0.4 is 5.32 Å². The van der Waals surface area contributed by atoms with Crippen molar-refractivity contribution in [3.05, 3.63) is 29.8 Å². The first kappa shape index (κ1) is 21.4. The third-order valence-electron chi connectivity index (χ3n) is 7.28. The van der Waals surface area contributed by atoms with Crippen LogP contribution in [-0.2, 0) is 0 Å². The van der Waals surface area contributed by atoms with Crippen LogP contribution in [0.25, 0.3) is 0 Å². The van der Waals surface area contributed by atoms with Crippen LogP contribution in [0.4, 0.5) is 10.5 Å². The molecule has 1 aliphatic heterocycles. The molecule has 0 unspecified atom stereocenters. The van der Waals surface area contributed by atoms with Gasteiger partial charge in [0.2, 0.25) is 0 Å². The molecule has 1 N–H and O–H groups in total. The Kier molecular flexibility index (Phi) is 7.82. The summed E-state index contributed by atoms with van der Waals surface area (Å²) in [6, 6.07) is 8.46. The lowest BCUT2D eigenvalue weighted by Gasteiger charge is -2.29. The highest BCUT2D eigenvalue weighted by molar-refractivity contribution is 6.10. The lowest BCUT2D eigenvalue weighted by molar-refractivity contribution is 0.178. The average Bonchev–Trinajstić information content (AvgIpc) is 2.91. The molecule has 2 fully saturated rings. The van der Waals surface area contributed by atoms with E-state index in [0.717, 1.165) is 29.8 Å². The third-order valence-corrected chi connectivity index (χ3v) is 7.28. The summed E-state index contributed by atoms with van der Waals surface area (Å²) in [6.07, 6.45) is 20.2. The molecule has 0 aromatic heterocycles. The van der Waals surface area contributed by atoms with E-state index in [-0.39, 0.29) is 12.1 Å². The van der Waals surface area contributed by atoms with Gasteiger partial charge in [0, 0.05) is 11.5 Å². The topological polar surface area (TPSA) is 44.7 Å². The van der Waals surface area contributed by atoms with E-state index in [4.69, 9.17) is 5.10 Å². The predicted molar refractivity (Wildman–Crippen MR) is 125 cm³/mol. The number of hydrazone groups is 1. The smallest absolute Gasteiger partial charge is 0.306 e. The number of fused-ring (bicyclic) bond motifs is 1. The van der Waals surface area contributed by atoms with Crippen molar-refractivity contribution in [3.8, 4) is 0 Å². The minimum Gasteiger partial charge on any atom is -0.306 e. The number of carbonyl (C=O) groups excluding carboxylic acids is 1. The maximum absolute atomic E-state index is 13.3. The number of rotatable bonds is 2. The highest BCUT2D eigenvalue weighted by Gasteiger charge is 2.31. The molecule has 2 amide bonds. The van der Waals surface area contributed by atoms with E-state index in [9.17, 15) is 4.79 Å². The number of nitrogens with one attached hydrogen (secondary N) is 1. The molecule has 0 spiro atoms. The second-order valence-corrected chi connectivity index (χ2v) is 9.55. The molecule has 1 aromatic rings. The van der Waals surface area contributed by atoms with Gasteiger partial charge < -0.3 is 5.32 Å². The molecule has 4 rings (SSSR count). The minimum absolute atomic E-state index is 0.0367. The summed E-state index contributed by atoms with van der Waals surface area (Å²) >= 11 is 0. The Morgan fingerprint density at radius 2 is 1.27 bits per heavy atom. The number of anilines is 1. The number of nitrogens with zero attached hydrogens (tertiary/aromatic N) is 2. The van der Waals surface area contributed by atoms with Gasteiger partial charge in [0.05, 0.1) is 17.4 Å². The van der Waals surface area contributed by atoms with E-state index in [1.165, 1.54) is 89.9 Å². The number of hydrogen-bond donors (Lipinski definition) is 1. The number of amides is 2. The first-order chi connectivity index (χ1) is 14.8. The standard InChI is InChI=1S/C26H39N3O/c30-26-27-24-20-14-13-19-23(24)25(21-15-9-8-10-16-21)28-29(26)22-17-11-6-4-2-1-3-5-7-12-18-22/h13-14,19-22H,1-12,15-18H2,(H,27,30). The van der Waals surface area contributed by atoms with E-state index < -0.39 is 0 Å². The summed E-state index contributed by atoms with van der Waals surface area (Å²) in [7, 11) is 0. The van der Waals surface area contributed by atoms with Gasteiger partial charge in [0.15, 0.2) is 0 Å². The van der Waals surface area contributed by atoms with E-state index in [1.807, 2.05) is 17.1 Å². The summed E-state index contributed by atoms with van der Waals surface area (Å²) in [6.45, 7) is 0. The predicted octanol–water partition coefficient (Wildman–Crippen LogP) is 7.49. The molecule has 30 heavy (non-hydrogen) atoms. The van der Waals surface area contributed by atoms with Crippen LogP contribution in [0.5, 0.6) is 0 Å². The lowest BCUT2D eigenvalue weighted by atomic mass is 9.83. The quantitative estimate of drug-likeness (QED) is 0.540. The van der Waals surface area contributed by atoms with Crippen LogP contribution in [0.15, 0.2) is 29.4 Å². The van der Waals surface area contributed by atoms with Crippen LogP contribution in [0.3, 0.4) is 0 Å². The van der Waals surface area contributed by atoms with Crippen molar-refractivity contribution in [1.29, 1.82) is 0 Å². The van der Waals surface area contributed by atoms with E-state index in [2.05, 4.69) is 17.4 Å². The second kappa shape index (κ2) is 11.0. The van der Waals surface area contributed by atoms with Gasteiger partial charge in [-0.3, -0.25) is 0 Å². The van der Waals surface area contributed by atoms with Crippen LogP contribution in [0.1, 0.15) is 108 Å². The van der Waals surface area contributed by atoms with Crippen molar-refractivity contribution < 1.29 is 4.79 Å². The Labute approximate surface area is 182 Å². The van der Waals surface area contributed by atoms with Crippen LogP contribution >= 0.6 is 0 Å². The monoisotopic (exact) mass is 409 g/mol. The zero-order chi connectivity index (χ0) is 20.6. The van der Waals surface area contributed by atoms with E-state index in [0.29, 0.717) is 5.92 Å². The van der Waals surface area contributed by atoms with Gasteiger partial charge in [-0.05, 0) is 31.7 Å². The van der Waals surface area contributed by atoms with Gasteiger partial charge in [-0.2, -0.15) is 5.10 Å². The Hall–Kier alpha value is -1.84. The van der Waals surface area contributed by atoms with Crippen molar-refractivity contribution in [2.45, 2.75) is 109 Å². The highest BCUT2D eigenvalue weighted by Crippen LogP contribution is 2.33. The largest absolute Gasteiger partial charge is 0.342 e. The summed E-state index contributed by atoms with van der Waals surface area (Å²) in [5.41, 5.74) is 3.21. The van der Waals surface area contributed by atoms with Crippen molar-refractivity contribution in [1.82, 2.24) is 5.01 Å². The normalized spacial score (nSPS) is 23.4. The number of hydrogen-bond acceptors (Lipinski definition) is 2. The number of benzene rings is 1. The third kappa shape index (κ3) is 5.44. The molecule has 0 saturated heterocycles. The summed E-state index contributed by atoms with van der Waals surface area (Å²) in [5, 5.41) is 10.2. The zero-order valence-electron chi connectivity index (χ0n) is 18.6. The van der Waals surface area contributed by atoms with Crippen molar-refractivity contribution >= 4 is 17.4 Å². The van der Waals surface area contributed by atoms with Crippen molar-refractivity contribution in [2.24, 2.45) is 11.0 Å². The van der Waals surface area contributed by atoms with Crippen molar-refractivity contribution in [3.63, 3.8) is 0 Å². The van der Waals surface area contributed by atoms with Gasteiger partial charge in [-0.15, -0.1) is 0 Å². The molecular formula is C26H39N3O. The molecule has 1 heterocycles. The van der Waals surface area contributed by atoms with Gasteiger partial charge in [-0.25, -0.2) is 9.80 Å². The molecule has 4 heteroatoms. The Morgan fingerprint density at radius 1 is 0.733 bits per heavy atom. The first-order valence-corrected chi connectivity index (χ1v) is 12.6. The van der Waals surface area contributed by atoms with Gasteiger partial charge in [0.1, 0.15) is 0 Å². The fraction of sp³-hybridized carbons (Fsp3) is 0.692. The maximum atomic E-state index is 13.3. The highest BCUT2D eigenvalue weighted by atomic mass is 16.2. The molecule has 2 aliphatic carbocycles. The van der Waals surface area contributed by atoms with Gasteiger partial charge in [0.25, 0.3) is 0 Å². The number of urea groups is 1. The SMILES string of the molecule is O=C1Nc2ccccc2C(C2CCCCC2)=NN1C1CCCCCCCCCCC1. The zero-order valence-corrected chi connectivity index (χ0v) is 18.6. The van der Waals surface area contributed by atoms with E-state index in [1.54, 1.807) is 0 Å². The molecule has 4 nitrogen and oxygen atoms in total. The minimum atomic E-state index is -0.0367. The van der Waals surface area contributed by atoms with E-state index >= 15 is 0 Å². The molecule has 0 atom stereocenters. The maximum Gasteiger partial charge on any atom is 0.342 e. The van der Waals surface area contributed by atoms with Crippen LogP contribution in [-0.4, -0.2) is 22.8 Å². The van der Waals surface area contributed by atoms with Crippen molar-refractivity contribution in [2.75, 3.05) is 5.32 Å². The fourth-order valence-electron chi connectivity index (χ4n) is 5.51. The lowest BCUT2D eigenvalue weighted by Crippen LogP contribution is -2.39. The van der Waals surface area contributed by atoms with Crippen LogP contribution in [0, 0.1) is 5.92 Å². The fourth-order valence-corrected chi connectivity index (χ4v) is 5.51. The molecule has 0 radical (unpaired) electrons. The molecule has 0 bridgehead atoms. The van der Waals surface area contributed by atoms with Crippen LogP contribution in [0.2, 0.25) is 0 Å². The molecule has 164 valence electrons. The number of carbonyl (C=O) groups is 1. The van der Waals surface area contributed by atoms with Gasteiger partial charge >= 0.3 is 6.03 Å². The second-order valence-electron chi connectivity index (χ2n) is 9.55. The summed E-state index contributed by atoms with van der Waals surface area (Å²) < 4.78 is 0. The summed E-state index contributed by atoms with van der Waals surface area (Å²) in [4.78, 5) is 13.3. The number of para-hydroxylation sites is 1. The molecular weight excluding hydrogens is 370 g/mol. The Bertz CT molecular complexity index is 711. The Balaban J connectivity index is 1.60. The first-order valence-electron chi connectivity index (χ1n) is 12.6. The average molecular weight is 410 g/mol. The summed E-state index contributed by atoms with van der Waals surface area (Å²) in [5.74, 6) is 0.473. The molecule has 3 aliphatic rings. The van der Waals surface area contributed by atoms with Gasteiger partial charge in [-0.1, -0.05) is 95.2 Å². The Morgan fingerprint density at radius 3 is 1.93 bits per heavy atom. The molecule has 1 aromatic carbocycles.